The average Bonchev–Trinajstić information content (AvgIpc) is 2.38. The first-order valence-electron chi connectivity index (χ1n) is 5.15. The monoisotopic (exact) mass is 242 g/mol. The summed E-state index contributed by atoms with van der Waals surface area (Å²) < 4.78 is 13.2. The lowest BCUT2D eigenvalue weighted by atomic mass is 10.1. The van der Waals surface area contributed by atoms with Gasteiger partial charge in [0.25, 0.3) is 0 Å². The van der Waals surface area contributed by atoms with Crippen LogP contribution in [0.5, 0.6) is 0 Å². The Hall–Kier alpha value is -1.29. The third-order valence-corrected chi connectivity index (χ3v) is 3.01. The molecule has 0 aliphatic carbocycles. The quantitative estimate of drug-likeness (QED) is 0.795. The van der Waals surface area contributed by atoms with Gasteiger partial charge in [0.05, 0.1) is 22.3 Å². The van der Waals surface area contributed by atoms with Crippen molar-refractivity contribution in [3.05, 3.63) is 23.0 Å². The maximum Gasteiger partial charge on any atom is 0.229 e. The standard InChI is InChI=1S/C11H12ClFN2O/c1-2-6-5-14-9-3-7(12)8(13)4-10(9)15-11(6)16/h3-4,6,14H,2,5H2,1H3,(H,15,16). The predicted octanol–water partition coefficient (Wildman–Crippen LogP) is 2.87. The molecule has 1 heterocycles. The first-order chi connectivity index (χ1) is 7.61. The van der Waals surface area contributed by atoms with E-state index in [1.807, 2.05) is 6.92 Å². The molecule has 1 aromatic rings. The lowest BCUT2D eigenvalue weighted by Crippen LogP contribution is -2.24. The molecule has 0 radical (unpaired) electrons. The van der Waals surface area contributed by atoms with E-state index >= 15 is 0 Å². The van der Waals surface area contributed by atoms with Crippen molar-refractivity contribution in [2.24, 2.45) is 5.92 Å². The van der Waals surface area contributed by atoms with Gasteiger partial charge in [0, 0.05) is 12.6 Å². The molecule has 86 valence electrons. The van der Waals surface area contributed by atoms with Gasteiger partial charge in [-0.2, -0.15) is 0 Å². The van der Waals surface area contributed by atoms with Gasteiger partial charge in [-0.05, 0) is 12.5 Å². The summed E-state index contributed by atoms with van der Waals surface area (Å²) in [6.07, 6.45) is 0.739. The number of benzene rings is 1. The topological polar surface area (TPSA) is 41.1 Å². The second-order valence-corrected chi connectivity index (χ2v) is 4.19. The van der Waals surface area contributed by atoms with E-state index < -0.39 is 5.82 Å². The Bertz CT molecular complexity index is 436. The molecule has 2 N–H and O–H groups in total. The molecule has 0 aromatic heterocycles. The first kappa shape index (κ1) is 11.2. The zero-order chi connectivity index (χ0) is 11.7. The Balaban J connectivity index is 2.37. The molecule has 0 bridgehead atoms. The zero-order valence-electron chi connectivity index (χ0n) is 8.81. The van der Waals surface area contributed by atoms with Crippen LogP contribution in [0.3, 0.4) is 0 Å². The Kier molecular flexibility index (Phi) is 3.01. The average molecular weight is 243 g/mol. The molecule has 0 spiro atoms. The van der Waals surface area contributed by atoms with Crippen LogP contribution in [-0.4, -0.2) is 12.5 Å². The largest absolute Gasteiger partial charge is 0.383 e. The van der Waals surface area contributed by atoms with Crippen LogP contribution in [0.2, 0.25) is 5.02 Å². The lowest BCUT2D eigenvalue weighted by molar-refractivity contribution is -0.119. The Labute approximate surface area is 98.0 Å². The zero-order valence-corrected chi connectivity index (χ0v) is 9.57. The van der Waals surface area contributed by atoms with Gasteiger partial charge in [0.2, 0.25) is 5.91 Å². The molecule has 1 aliphatic heterocycles. The number of hydrogen-bond donors (Lipinski definition) is 2. The number of carbonyl (C=O) groups excluding carboxylic acids is 1. The second-order valence-electron chi connectivity index (χ2n) is 3.79. The molecule has 1 aromatic carbocycles. The Morgan fingerprint density at radius 1 is 1.50 bits per heavy atom. The van der Waals surface area contributed by atoms with E-state index in [1.54, 1.807) is 0 Å². The van der Waals surface area contributed by atoms with Gasteiger partial charge in [-0.3, -0.25) is 4.79 Å². The van der Waals surface area contributed by atoms with Gasteiger partial charge < -0.3 is 10.6 Å². The van der Waals surface area contributed by atoms with E-state index in [0.29, 0.717) is 17.9 Å². The van der Waals surface area contributed by atoms with Crippen LogP contribution in [0.25, 0.3) is 0 Å². The number of hydrogen-bond acceptors (Lipinski definition) is 2. The van der Waals surface area contributed by atoms with Crippen molar-refractivity contribution in [3.8, 4) is 0 Å². The summed E-state index contributed by atoms with van der Waals surface area (Å²) in [4.78, 5) is 11.7. The number of nitrogens with one attached hydrogen (secondary N) is 2. The van der Waals surface area contributed by atoms with Crippen LogP contribution in [0.15, 0.2) is 12.1 Å². The van der Waals surface area contributed by atoms with Gasteiger partial charge in [0.15, 0.2) is 0 Å². The third-order valence-electron chi connectivity index (χ3n) is 2.72. The van der Waals surface area contributed by atoms with Crippen molar-refractivity contribution in [2.75, 3.05) is 17.2 Å². The summed E-state index contributed by atoms with van der Waals surface area (Å²) in [7, 11) is 0. The van der Waals surface area contributed by atoms with Crippen LogP contribution >= 0.6 is 11.6 Å². The van der Waals surface area contributed by atoms with Gasteiger partial charge in [-0.25, -0.2) is 4.39 Å². The fourth-order valence-electron chi connectivity index (χ4n) is 1.69. The van der Waals surface area contributed by atoms with Crippen molar-refractivity contribution < 1.29 is 9.18 Å². The highest BCUT2D eigenvalue weighted by Gasteiger charge is 2.22. The maximum atomic E-state index is 13.2. The van der Waals surface area contributed by atoms with E-state index in [0.717, 1.165) is 6.42 Å². The number of amides is 1. The molecule has 1 unspecified atom stereocenters. The normalized spacial score (nSPS) is 19.4. The van der Waals surface area contributed by atoms with Crippen molar-refractivity contribution in [3.63, 3.8) is 0 Å². The molecule has 16 heavy (non-hydrogen) atoms. The highest BCUT2D eigenvalue weighted by Crippen LogP contribution is 2.31. The van der Waals surface area contributed by atoms with E-state index in [9.17, 15) is 9.18 Å². The Morgan fingerprint density at radius 3 is 2.94 bits per heavy atom. The maximum absolute atomic E-state index is 13.2. The smallest absolute Gasteiger partial charge is 0.229 e. The van der Waals surface area contributed by atoms with Crippen LogP contribution < -0.4 is 10.6 Å². The van der Waals surface area contributed by atoms with Crippen molar-refractivity contribution >= 4 is 28.9 Å². The summed E-state index contributed by atoms with van der Waals surface area (Å²) in [5.74, 6) is -0.720. The summed E-state index contributed by atoms with van der Waals surface area (Å²) in [6, 6.07) is 2.73. The SMILES string of the molecule is CCC1CNc2cc(Cl)c(F)cc2NC1=O. The second kappa shape index (κ2) is 4.29. The van der Waals surface area contributed by atoms with Gasteiger partial charge >= 0.3 is 0 Å². The third kappa shape index (κ3) is 1.97. The molecule has 0 saturated carbocycles. The summed E-state index contributed by atoms with van der Waals surface area (Å²) in [5.41, 5.74) is 1.11. The highest BCUT2D eigenvalue weighted by atomic mass is 35.5. The summed E-state index contributed by atoms with van der Waals surface area (Å²) in [6.45, 7) is 2.48. The van der Waals surface area contributed by atoms with Gasteiger partial charge in [0.1, 0.15) is 5.82 Å². The fourth-order valence-corrected chi connectivity index (χ4v) is 1.85. The highest BCUT2D eigenvalue weighted by molar-refractivity contribution is 6.31. The minimum atomic E-state index is -0.530. The minimum Gasteiger partial charge on any atom is -0.383 e. The van der Waals surface area contributed by atoms with Crippen LogP contribution in [0.1, 0.15) is 13.3 Å². The summed E-state index contributed by atoms with van der Waals surface area (Å²) >= 11 is 5.68. The molecular weight excluding hydrogens is 231 g/mol. The number of rotatable bonds is 1. The van der Waals surface area contributed by atoms with Gasteiger partial charge in [-0.15, -0.1) is 0 Å². The Morgan fingerprint density at radius 2 is 2.25 bits per heavy atom. The van der Waals surface area contributed by atoms with Gasteiger partial charge in [-0.1, -0.05) is 18.5 Å². The van der Waals surface area contributed by atoms with Crippen LogP contribution in [0.4, 0.5) is 15.8 Å². The van der Waals surface area contributed by atoms with Crippen molar-refractivity contribution in [1.82, 2.24) is 0 Å². The molecule has 2 rings (SSSR count). The molecule has 1 aliphatic rings. The van der Waals surface area contributed by atoms with Crippen molar-refractivity contribution in [1.29, 1.82) is 0 Å². The number of halogens is 2. The number of carbonyl (C=O) groups is 1. The van der Waals surface area contributed by atoms with E-state index in [4.69, 9.17) is 11.6 Å². The minimum absolute atomic E-state index is 0.0513. The van der Waals surface area contributed by atoms with Crippen molar-refractivity contribution in [2.45, 2.75) is 13.3 Å². The lowest BCUT2D eigenvalue weighted by Gasteiger charge is -2.09. The van der Waals surface area contributed by atoms with E-state index in [1.165, 1.54) is 12.1 Å². The van der Waals surface area contributed by atoms with Crippen LogP contribution in [0, 0.1) is 11.7 Å². The molecule has 0 fully saturated rings. The summed E-state index contributed by atoms with van der Waals surface area (Å²) in [5, 5.41) is 5.83. The number of anilines is 2. The van der Waals surface area contributed by atoms with E-state index in [2.05, 4.69) is 10.6 Å². The van der Waals surface area contributed by atoms with E-state index in [-0.39, 0.29) is 16.8 Å². The molecule has 5 heteroatoms. The number of fused-ring (bicyclic) bond motifs is 1. The molecule has 3 nitrogen and oxygen atoms in total. The first-order valence-corrected chi connectivity index (χ1v) is 5.53. The fraction of sp³-hybridized carbons (Fsp3) is 0.364. The molecule has 1 amide bonds. The predicted molar refractivity (Wildman–Crippen MR) is 62.3 cm³/mol. The molecular formula is C11H12ClFN2O. The van der Waals surface area contributed by atoms with Crippen LogP contribution in [-0.2, 0) is 4.79 Å². The molecule has 1 atom stereocenters. The molecule has 0 saturated heterocycles.